The lowest BCUT2D eigenvalue weighted by molar-refractivity contribution is 0.0956. The third kappa shape index (κ3) is 4.14. The van der Waals surface area contributed by atoms with E-state index in [0.717, 1.165) is 25.7 Å². The molecule has 114 valence electrons. The number of hydrogen-bond acceptors (Lipinski definition) is 3. The molecule has 0 bridgehead atoms. The van der Waals surface area contributed by atoms with Gasteiger partial charge in [0.15, 0.2) is 0 Å². The van der Waals surface area contributed by atoms with Crippen LogP contribution < -0.4 is 5.32 Å². The Morgan fingerprint density at radius 2 is 1.90 bits per heavy atom. The molecule has 1 aromatic rings. The third-order valence-corrected chi connectivity index (χ3v) is 4.83. The number of nitrogens with one attached hydrogen (secondary N) is 1. The standard InChI is InChI=1S/C15H19ClN2O2S/c1-21-18(11-7-3-2-4-8-11)15(20)17-14(19)12-9-5-6-10-13(12)16/h5-6,9-11H,2-4,7-8H2,1H3,(H,17,19,20). The van der Waals surface area contributed by atoms with Crippen LogP contribution in [0.3, 0.4) is 0 Å². The Labute approximate surface area is 134 Å². The molecule has 0 unspecified atom stereocenters. The fraction of sp³-hybridized carbons (Fsp3) is 0.467. The van der Waals surface area contributed by atoms with E-state index >= 15 is 0 Å². The van der Waals surface area contributed by atoms with Crippen LogP contribution in [0.2, 0.25) is 5.02 Å². The first-order chi connectivity index (χ1) is 10.1. The van der Waals surface area contributed by atoms with E-state index < -0.39 is 5.91 Å². The lowest BCUT2D eigenvalue weighted by Gasteiger charge is -2.32. The smallest absolute Gasteiger partial charge is 0.273 e. The molecule has 1 fully saturated rings. The molecule has 4 nitrogen and oxygen atoms in total. The summed E-state index contributed by atoms with van der Waals surface area (Å²) in [6.45, 7) is 0. The number of hydrogen-bond donors (Lipinski definition) is 1. The van der Waals surface area contributed by atoms with Gasteiger partial charge in [0.2, 0.25) is 0 Å². The molecule has 0 radical (unpaired) electrons. The van der Waals surface area contributed by atoms with Gasteiger partial charge in [-0.2, -0.15) is 0 Å². The Balaban J connectivity index is 2.02. The molecular formula is C15H19ClN2O2S. The maximum absolute atomic E-state index is 12.3. The third-order valence-electron chi connectivity index (χ3n) is 3.64. The highest BCUT2D eigenvalue weighted by Gasteiger charge is 2.26. The Bertz CT molecular complexity index is 518. The van der Waals surface area contributed by atoms with Gasteiger partial charge in [-0.15, -0.1) is 0 Å². The summed E-state index contributed by atoms with van der Waals surface area (Å²) in [6, 6.07) is 6.55. The Hall–Kier alpha value is -1.20. The molecular weight excluding hydrogens is 308 g/mol. The van der Waals surface area contributed by atoms with Gasteiger partial charge in [-0.3, -0.25) is 14.4 Å². The zero-order valence-corrected chi connectivity index (χ0v) is 13.5. The number of imide groups is 1. The van der Waals surface area contributed by atoms with Crippen LogP contribution in [0.4, 0.5) is 4.79 Å². The Morgan fingerprint density at radius 3 is 2.52 bits per heavy atom. The van der Waals surface area contributed by atoms with Gasteiger partial charge in [-0.05, 0) is 36.9 Å². The molecule has 2 rings (SSSR count). The van der Waals surface area contributed by atoms with Crippen molar-refractivity contribution in [3.8, 4) is 0 Å². The summed E-state index contributed by atoms with van der Waals surface area (Å²) >= 11 is 7.34. The highest BCUT2D eigenvalue weighted by atomic mass is 35.5. The van der Waals surface area contributed by atoms with E-state index in [1.54, 1.807) is 28.6 Å². The molecule has 0 atom stereocenters. The summed E-state index contributed by atoms with van der Waals surface area (Å²) in [4.78, 5) is 24.4. The van der Waals surface area contributed by atoms with Crippen LogP contribution in [0.25, 0.3) is 0 Å². The van der Waals surface area contributed by atoms with Gasteiger partial charge < -0.3 is 0 Å². The molecule has 1 aromatic carbocycles. The molecule has 3 amide bonds. The van der Waals surface area contributed by atoms with E-state index in [-0.39, 0.29) is 12.1 Å². The minimum Gasteiger partial charge on any atom is -0.273 e. The summed E-state index contributed by atoms with van der Waals surface area (Å²) in [5.74, 6) is -0.458. The van der Waals surface area contributed by atoms with Crippen LogP contribution in [-0.4, -0.2) is 28.5 Å². The topological polar surface area (TPSA) is 49.4 Å². The van der Waals surface area contributed by atoms with Gasteiger partial charge in [0.05, 0.1) is 10.6 Å². The molecule has 0 heterocycles. The molecule has 1 N–H and O–H groups in total. The molecule has 0 aliphatic heterocycles. The summed E-state index contributed by atoms with van der Waals surface area (Å²) < 4.78 is 1.67. The average Bonchev–Trinajstić information content (AvgIpc) is 2.49. The van der Waals surface area contributed by atoms with Crippen molar-refractivity contribution in [2.45, 2.75) is 38.1 Å². The van der Waals surface area contributed by atoms with Crippen LogP contribution >= 0.6 is 23.5 Å². The lowest BCUT2D eigenvalue weighted by Crippen LogP contribution is -2.44. The van der Waals surface area contributed by atoms with Crippen molar-refractivity contribution in [1.82, 2.24) is 9.62 Å². The van der Waals surface area contributed by atoms with Gasteiger partial charge in [0, 0.05) is 12.3 Å². The van der Waals surface area contributed by atoms with Crippen molar-refractivity contribution >= 4 is 35.5 Å². The van der Waals surface area contributed by atoms with Gasteiger partial charge in [0.1, 0.15) is 0 Å². The summed E-state index contributed by atoms with van der Waals surface area (Å²) in [7, 11) is 0. The maximum atomic E-state index is 12.3. The van der Waals surface area contributed by atoms with Crippen LogP contribution in [-0.2, 0) is 0 Å². The normalized spacial score (nSPS) is 15.5. The second-order valence-corrected chi connectivity index (χ2v) is 6.21. The van der Waals surface area contributed by atoms with Crippen molar-refractivity contribution in [2.75, 3.05) is 6.26 Å². The van der Waals surface area contributed by atoms with Gasteiger partial charge in [-0.25, -0.2) is 4.79 Å². The Kier molecular flexibility index (Phi) is 5.94. The molecule has 0 saturated heterocycles. The summed E-state index contributed by atoms with van der Waals surface area (Å²) in [5.41, 5.74) is 0.317. The predicted octanol–water partition coefficient (Wildman–Crippen LogP) is 4.10. The number of carbonyl (C=O) groups excluding carboxylic acids is 2. The number of rotatable bonds is 3. The van der Waals surface area contributed by atoms with Crippen molar-refractivity contribution < 1.29 is 9.59 Å². The molecule has 21 heavy (non-hydrogen) atoms. The highest BCUT2D eigenvalue weighted by molar-refractivity contribution is 7.96. The highest BCUT2D eigenvalue weighted by Crippen LogP contribution is 2.26. The van der Waals surface area contributed by atoms with Crippen molar-refractivity contribution in [3.05, 3.63) is 34.9 Å². The van der Waals surface area contributed by atoms with Crippen LogP contribution in [0, 0.1) is 0 Å². The number of carbonyl (C=O) groups is 2. The van der Waals surface area contributed by atoms with E-state index in [0.29, 0.717) is 10.6 Å². The lowest BCUT2D eigenvalue weighted by atomic mass is 9.96. The molecule has 1 saturated carbocycles. The SMILES string of the molecule is CSN(C(=O)NC(=O)c1ccccc1Cl)C1CCCCC1. The van der Waals surface area contributed by atoms with Gasteiger partial charge >= 0.3 is 6.03 Å². The first-order valence-electron chi connectivity index (χ1n) is 7.06. The monoisotopic (exact) mass is 326 g/mol. The van der Waals surface area contributed by atoms with Crippen molar-refractivity contribution in [3.63, 3.8) is 0 Å². The second kappa shape index (κ2) is 7.71. The zero-order valence-electron chi connectivity index (χ0n) is 12.0. The maximum Gasteiger partial charge on any atom is 0.334 e. The van der Waals surface area contributed by atoms with Crippen LogP contribution in [0.15, 0.2) is 24.3 Å². The first-order valence-corrected chi connectivity index (χ1v) is 8.62. The van der Waals surface area contributed by atoms with Crippen LogP contribution in [0.1, 0.15) is 42.5 Å². The van der Waals surface area contributed by atoms with Gasteiger partial charge in [0.25, 0.3) is 5.91 Å². The molecule has 1 aliphatic carbocycles. The number of amides is 3. The number of urea groups is 1. The number of benzene rings is 1. The minimum absolute atomic E-state index is 0.202. The predicted molar refractivity (Wildman–Crippen MR) is 86.5 cm³/mol. The van der Waals surface area contributed by atoms with Crippen LogP contribution in [0.5, 0.6) is 0 Å². The quantitative estimate of drug-likeness (QED) is 0.851. The average molecular weight is 327 g/mol. The molecule has 1 aliphatic rings. The molecule has 0 spiro atoms. The summed E-state index contributed by atoms with van der Waals surface area (Å²) in [6.07, 6.45) is 7.33. The fourth-order valence-electron chi connectivity index (χ4n) is 2.58. The Morgan fingerprint density at radius 1 is 1.24 bits per heavy atom. The van der Waals surface area contributed by atoms with E-state index in [4.69, 9.17) is 11.6 Å². The first kappa shape index (κ1) is 16.2. The van der Waals surface area contributed by atoms with E-state index in [9.17, 15) is 9.59 Å². The number of nitrogens with zero attached hydrogens (tertiary/aromatic N) is 1. The van der Waals surface area contributed by atoms with Crippen molar-refractivity contribution in [1.29, 1.82) is 0 Å². The second-order valence-electron chi connectivity index (χ2n) is 5.04. The minimum atomic E-state index is -0.458. The van der Waals surface area contributed by atoms with E-state index in [2.05, 4.69) is 5.32 Å². The van der Waals surface area contributed by atoms with Gasteiger partial charge in [-0.1, -0.05) is 43.0 Å². The van der Waals surface area contributed by atoms with E-state index in [1.807, 2.05) is 6.26 Å². The molecule has 6 heteroatoms. The number of halogens is 1. The van der Waals surface area contributed by atoms with Crippen molar-refractivity contribution in [2.24, 2.45) is 0 Å². The van der Waals surface area contributed by atoms with E-state index in [1.165, 1.54) is 18.4 Å². The zero-order chi connectivity index (χ0) is 15.2. The largest absolute Gasteiger partial charge is 0.334 e. The molecule has 0 aromatic heterocycles. The summed E-state index contributed by atoms with van der Waals surface area (Å²) in [5, 5.41) is 2.77. The fourth-order valence-corrected chi connectivity index (χ4v) is 3.52.